The van der Waals surface area contributed by atoms with Crippen LogP contribution in [0.15, 0.2) is 18.6 Å². The summed E-state index contributed by atoms with van der Waals surface area (Å²) in [4.78, 5) is 0. The third-order valence-corrected chi connectivity index (χ3v) is 4.03. The molecule has 0 spiro atoms. The van der Waals surface area contributed by atoms with Crippen LogP contribution in [-0.2, 0) is 13.6 Å². The molecule has 2 aromatic rings. The zero-order valence-corrected chi connectivity index (χ0v) is 12.9. The van der Waals surface area contributed by atoms with E-state index < -0.39 is 0 Å². The van der Waals surface area contributed by atoms with Crippen LogP contribution in [0.2, 0.25) is 0 Å². The molecule has 0 bridgehead atoms. The second-order valence-corrected chi connectivity index (χ2v) is 5.40. The molecule has 110 valence electrons. The molecular formula is C14H22ClN5. The fourth-order valence-electron chi connectivity index (χ4n) is 2.81. The summed E-state index contributed by atoms with van der Waals surface area (Å²) in [7, 11) is 1.98. The molecule has 0 amide bonds. The van der Waals surface area contributed by atoms with Gasteiger partial charge >= 0.3 is 0 Å². The van der Waals surface area contributed by atoms with Gasteiger partial charge in [-0.1, -0.05) is 12.8 Å². The van der Waals surface area contributed by atoms with Crippen LogP contribution < -0.4 is 5.32 Å². The average molecular weight is 296 g/mol. The number of nitrogens with one attached hydrogen (secondary N) is 1. The smallest absolute Gasteiger partial charge is 0.0729 e. The van der Waals surface area contributed by atoms with Gasteiger partial charge in [-0.2, -0.15) is 10.2 Å². The van der Waals surface area contributed by atoms with Crippen molar-refractivity contribution in [3.05, 3.63) is 29.8 Å². The van der Waals surface area contributed by atoms with Gasteiger partial charge in [-0.15, -0.1) is 12.4 Å². The fraction of sp³-hybridized carbons (Fsp3) is 0.571. The topological polar surface area (TPSA) is 47.7 Å². The van der Waals surface area contributed by atoms with Gasteiger partial charge in [-0.3, -0.25) is 9.36 Å². The molecule has 6 heteroatoms. The van der Waals surface area contributed by atoms with Crippen molar-refractivity contribution in [2.24, 2.45) is 7.05 Å². The first kappa shape index (κ1) is 14.9. The normalized spacial score (nSPS) is 15.3. The van der Waals surface area contributed by atoms with Crippen molar-refractivity contribution in [2.75, 3.05) is 5.32 Å². The van der Waals surface area contributed by atoms with Gasteiger partial charge in [0.2, 0.25) is 0 Å². The largest absolute Gasteiger partial charge is 0.377 e. The highest BCUT2D eigenvalue weighted by molar-refractivity contribution is 5.85. The summed E-state index contributed by atoms with van der Waals surface area (Å²) < 4.78 is 4.04. The predicted molar refractivity (Wildman–Crippen MR) is 82.3 cm³/mol. The van der Waals surface area contributed by atoms with Crippen molar-refractivity contribution >= 4 is 18.1 Å². The molecule has 0 radical (unpaired) electrons. The number of nitrogens with zero attached hydrogens (tertiary/aromatic N) is 4. The van der Waals surface area contributed by atoms with E-state index in [1.807, 2.05) is 24.1 Å². The Balaban J connectivity index is 0.00000147. The first-order valence-electron chi connectivity index (χ1n) is 6.99. The molecule has 5 nitrogen and oxygen atoms in total. The molecule has 0 saturated heterocycles. The minimum Gasteiger partial charge on any atom is -0.377 e. The van der Waals surface area contributed by atoms with E-state index in [9.17, 15) is 0 Å². The monoisotopic (exact) mass is 295 g/mol. The zero-order valence-electron chi connectivity index (χ0n) is 12.0. The van der Waals surface area contributed by atoms with Crippen LogP contribution in [0.5, 0.6) is 0 Å². The van der Waals surface area contributed by atoms with Gasteiger partial charge in [0.1, 0.15) is 0 Å². The van der Waals surface area contributed by atoms with E-state index in [1.165, 1.54) is 36.9 Å². The molecule has 0 aromatic carbocycles. The number of anilines is 1. The summed E-state index contributed by atoms with van der Waals surface area (Å²) in [5.74, 6) is 0. The third-order valence-electron chi connectivity index (χ3n) is 4.03. The second-order valence-electron chi connectivity index (χ2n) is 5.40. The lowest BCUT2D eigenvalue weighted by Crippen LogP contribution is -2.07. The molecule has 0 unspecified atom stereocenters. The van der Waals surface area contributed by atoms with Crippen molar-refractivity contribution in [2.45, 2.75) is 45.2 Å². The maximum atomic E-state index is 4.47. The Morgan fingerprint density at radius 3 is 2.65 bits per heavy atom. The second kappa shape index (κ2) is 6.31. The van der Waals surface area contributed by atoms with E-state index >= 15 is 0 Å². The Hall–Kier alpha value is -1.49. The molecule has 3 rings (SSSR count). The van der Waals surface area contributed by atoms with Gasteiger partial charge < -0.3 is 5.32 Å². The Morgan fingerprint density at radius 2 is 2.00 bits per heavy atom. The molecular weight excluding hydrogens is 274 g/mol. The van der Waals surface area contributed by atoms with E-state index in [2.05, 4.69) is 33.3 Å². The Morgan fingerprint density at radius 1 is 1.25 bits per heavy atom. The Bertz CT molecular complexity index is 534. The lowest BCUT2D eigenvalue weighted by molar-refractivity contribution is 0.467. The lowest BCUT2D eigenvalue weighted by atomic mass is 10.2. The van der Waals surface area contributed by atoms with E-state index in [-0.39, 0.29) is 12.4 Å². The Kier molecular flexibility index (Phi) is 4.70. The van der Waals surface area contributed by atoms with Crippen molar-refractivity contribution in [1.82, 2.24) is 19.6 Å². The molecule has 0 aliphatic heterocycles. The van der Waals surface area contributed by atoms with Gasteiger partial charge in [0.25, 0.3) is 0 Å². The number of aryl methyl sites for hydroxylation is 2. The number of aromatic nitrogens is 4. The summed E-state index contributed by atoms with van der Waals surface area (Å²) >= 11 is 0. The molecule has 1 fully saturated rings. The number of halogens is 1. The lowest BCUT2D eigenvalue weighted by Gasteiger charge is -2.09. The van der Waals surface area contributed by atoms with Crippen molar-refractivity contribution in [1.29, 1.82) is 0 Å². The van der Waals surface area contributed by atoms with Crippen LogP contribution in [0.25, 0.3) is 0 Å². The van der Waals surface area contributed by atoms with Crippen LogP contribution in [0.1, 0.15) is 43.0 Å². The van der Waals surface area contributed by atoms with Gasteiger partial charge in [0.05, 0.1) is 36.4 Å². The van der Waals surface area contributed by atoms with Gasteiger partial charge in [-0.25, -0.2) is 0 Å². The van der Waals surface area contributed by atoms with E-state index in [0.717, 1.165) is 12.2 Å². The minimum atomic E-state index is 0. The van der Waals surface area contributed by atoms with Crippen molar-refractivity contribution < 1.29 is 0 Å². The first-order valence-corrected chi connectivity index (χ1v) is 6.99. The molecule has 0 atom stereocenters. The van der Waals surface area contributed by atoms with Crippen LogP contribution in [0, 0.1) is 6.92 Å². The maximum Gasteiger partial charge on any atom is 0.0729 e. The molecule has 1 saturated carbocycles. The van der Waals surface area contributed by atoms with E-state index in [4.69, 9.17) is 0 Å². The highest BCUT2D eigenvalue weighted by atomic mass is 35.5. The molecule has 1 N–H and O–H groups in total. The molecule has 1 aliphatic carbocycles. The first-order chi connectivity index (χ1) is 9.24. The van der Waals surface area contributed by atoms with Crippen molar-refractivity contribution in [3.63, 3.8) is 0 Å². The molecule has 2 heterocycles. The van der Waals surface area contributed by atoms with Crippen molar-refractivity contribution in [3.8, 4) is 0 Å². The third kappa shape index (κ3) is 2.98. The average Bonchev–Trinajstić information content (AvgIpc) is 3.10. The number of rotatable bonds is 4. The summed E-state index contributed by atoms with van der Waals surface area (Å²) in [6.07, 6.45) is 11.2. The summed E-state index contributed by atoms with van der Waals surface area (Å²) in [5, 5.41) is 12.2. The minimum absolute atomic E-state index is 0. The zero-order chi connectivity index (χ0) is 13.2. The maximum absolute atomic E-state index is 4.47. The highest BCUT2D eigenvalue weighted by Gasteiger charge is 2.17. The number of hydrogen-bond acceptors (Lipinski definition) is 3. The van der Waals surface area contributed by atoms with Gasteiger partial charge in [0.15, 0.2) is 0 Å². The predicted octanol–water partition coefficient (Wildman–Crippen LogP) is 3.07. The standard InChI is InChI=1S/C14H21N5.ClH/c1-11-7-16-18(2)14(11)9-15-12-8-17-19(10-12)13-5-3-4-6-13;/h7-8,10,13,15H,3-6,9H2,1-2H3;1H. The Labute approximate surface area is 125 Å². The molecule has 20 heavy (non-hydrogen) atoms. The quantitative estimate of drug-likeness (QED) is 0.943. The number of hydrogen-bond donors (Lipinski definition) is 1. The van der Waals surface area contributed by atoms with Crippen LogP contribution in [0.4, 0.5) is 5.69 Å². The highest BCUT2D eigenvalue weighted by Crippen LogP contribution is 2.29. The van der Waals surface area contributed by atoms with Crippen LogP contribution >= 0.6 is 12.4 Å². The van der Waals surface area contributed by atoms with Crippen LogP contribution in [-0.4, -0.2) is 19.6 Å². The van der Waals surface area contributed by atoms with Gasteiger partial charge in [0, 0.05) is 13.2 Å². The van der Waals surface area contributed by atoms with E-state index in [1.54, 1.807) is 0 Å². The SMILES string of the molecule is Cc1cnn(C)c1CNc1cnn(C2CCCC2)c1.Cl. The van der Waals surface area contributed by atoms with E-state index in [0.29, 0.717) is 6.04 Å². The summed E-state index contributed by atoms with van der Waals surface area (Å²) in [5.41, 5.74) is 3.53. The molecule has 2 aromatic heterocycles. The molecule has 1 aliphatic rings. The fourth-order valence-corrected chi connectivity index (χ4v) is 2.81. The summed E-state index contributed by atoms with van der Waals surface area (Å²) in [6, 6.07) is 0.606. The summed E-state index contributed by atoms with van der Waals surface area (Å²) in [6.45, 7) is 2.88. The van der Waals surface area contributed by atoms with Gasteiger partial charge in [-0.05, 0) is 25.3 Å². The van der Waals surface area contributed by atoms with Crippen LogP contribution in [0.3, 0.4) is 0 Å².